The number of benzene rings is 2. The summed E-state index contributed by atoms with van der Waals surface area (Å²) in [5.74, 6) is 0. The van der Waals surface area contributed by atoms with Gasteiger partial charge in [-0.2, -0.15) is 0 Å². The summed E-state index contributed by atoms with van der Waals surface area (Å²) in [6.45, 7) is 5.62. The zero-order valence-electron chi connectivity index (χ0n) is 19.2. The summed E-state index contributed by atoms with van der Waals surface area (Å²) >= 11 is 0. The molecule has 2 aromatic carbocycles. The van der Waals surface area contributed by atoms with Crippen molar-refractivity contribution in [2.45, 2.75) is 52.0 Å². The zero-order valence-corrected chi connectivity index (χ0v) is 19.2. The Kier molecular flexibility index (Phi) is 11.1. The number of hydrogen-bond acceptors (Lipinski definition) is 3. The van der Waals surface area contributed by atoms with Gasteiger partial charge in [0.1, 0.15) is 0 Å². The minimum Gasteiger partial charge on any atom is -0.400 e. The standard InChI is InChI=1S/C13H16.C9H9N.C4H9NO.CH4O/c1-11-6-5-9-13(10-11)12-7-3-2-4-8-12;1-7-6-8-4-2-3-5-9(8)10-7;6-3-4-1-2-5-4;1-2/h5-7,9-10H,2-4,8H2,1H3;2-6,10H,1H3;4-6H,1-3H2;2H,1H3. The van der Waals surface area contributed by atoms with Crippen LogP contribution in [0.3, 0.4) is 0 Å². The van der Waals surface area contributed by atoms with E-state index in [0.29, 0.717) is 12.6 Å². The number of para-hydroxylation sites is 1. The average molecular weight is 423 g/mol. The van der Waals surface area contributed by atoms with Gasteiger partial charge in [0.25, 0.3) is 0 Å². The predicted molar refractivity (Wildman–Crippen MR) is 132 cm³/mol. The Morgan fingerprint density at radius 1 is 0.968 bits per heavy atom. The van der Waals surface area contributed by atoms with Crippen LogP contribution in [0.5, 0.6) is 0 Å². The topological polar surface area (TPSA) is 68.3 Å². The highest BCUT2D eigenvalue weighted by Gasteiger charge is 2.13. The van der Waals surface area contributed by atoms with Crippen molar-refractivity contribution in [3.63, 3.8) is 0 Å². The molecule has 2 aliphatic rings. The number of aliphatic hydroxyl groups is 2. The van der Waals surface area contributed by atoms with Crippen LogP contribution in [0.1, 0.15) is 48.9 Å². The molecule has 4 nitrogen and oxygen atoms in total. The fourth-order valence-corrected chi connectivity index (χ4v) is 3.67. The van der Waals surface area contributed by atoms with Crippen LogP contribution in [-0.2, 0) is 0 Å². The largest absolute Gasteiger partial charge is 0.400 e. The number of nitrogens with one attached hydrogen (secondary N) is 2. The molecule has 2 heterocycles. The molecule has 4 heteroatoms. The molecule has 1 atom stereocenters. The molecule has 1 aliphatic carbocycles. The fourth-order valence-electron chi connectivity index (χ4n) is 3.67. The first-order chi connectivity index (χ1) is 15.2. The van der Waals surface area contributed by atoms with E-state index in [0.717, 1.165) is 20.1 Å². The van der Waals surface area contributed by atoms with E-state index in [1.54, 1.807) is 5.57 Å². The quantitative estimate of drug-likeness (QED) is 0.448. The van der Waals surface area contributed by atoms with Gasteiger partial charge in [0, 0.05) is 24.4 Å². The molecule has 1 aliphatic heterocycles. The molecule has 0 spiro atoms. The maximum atomic E-state index is 8.32. The second kappa shape index (κ2) is 13.8. The molecule has 1 fully saturated rings. The number of aryl methyl sites for hydroxylation is 2. The molecule has 3 aromatic rings. The van der Waals surface area contributed by atoms with Crippen LogP contribution in [0.4, 0.5) is 0 Å². The van der Waals surface area contributed by atoms with Crippen molar-refractivity contribution < 1.29 is 10.2 Å². The molecule has 31 heavy (non-hydrogen) atoms. The van der Waals surface area contributed by atoms with Crippen LogP contribution in [0, 0.1) is 13.8 Å². The van der Waals surface area contributed by atoms with Crippen molar-refractivity contribution in [1.29, 1.82) is 0 Å². The molecule has 1 saturated heterocycles. The summed E-state index contributed by atoms with van der Waals surface area (Å²) in [6, 6.07) is 19.7. The summed E-state index contributed by atoms with van der Waals surface area (Å²) in [5, 5.41) is 19.7. The van der Waals surface area contributed by atoms with E-state index in [1.165, 1.54) is 53.4 Å². The second-order valence-corrected chi connectivity index (χ2v) is 8.01. The van der Waals surface area contributed by atoms with E-state index in [2.05, 4.69) is 78.8 Å². The third-order valence-electron chi connectivity index (χ3n) is 5.49. The maximum absolute atomic E-state index is 8.32. The number of allylic oxidation sites excluding steroid dienone is 2. The van der Waals surface area contributed by atoms with Gasteiger partial charge in [-0.15, -0.1) is 0 Å². The molecule has 1 unspecified atom stereocenters. The Hall–Kier alpha value is -2.40. The van der Waals surface area contributed by atoms with E-state index in [1.807, 2.05) is 6.07 Å². The van der Waals surface area contributed by atoms with Gasteiger partial charge < -0.3 is 20.5 Å². The minimum atomic E-state index is 0.306. The molecule has 4 N–H and O–H groups in total. The SMILES string of the molecule is CO.Cc1cc2ccccc2[nH]1.Cc1cccc(C2=CCCCC2)c1.OCC1CCN1. The first-order valence-electron chi connectivity index (χ1n) is 11.2. The molecular weight excluding hydrogens is 384 g/mol. The number of hydrogen-bond donors (Lipinski definition) is 4. The second-order valence-electron chi connectivity index (χ2n) is 8.01. The van der Waals surface area contributed by atoms with Gasteiger partial charge >= 0.3 is 0 Å². The number of aromatic amines is 1. The first kappa shape index (κ1) is 24.9. The number of aliphatic hydroxyl groups excluding tert-OH is 2. The lowest BCUT2D eigenvalue weighted by Gasteiger charge is -2.24. The van der Waals surface area contributed by atoms with E-state index in [4.69, 9.17) is 10.2 Å². The van der Waals surface area contributed by atoms with Crippen molar-refractivity contribution in [2.24, 2.45) is 0 Å². The van der Waals surface area contributed by atoms with Crippen molar-refractivity contribution in [1.82, 2.24) is 10.3 Å². The third kappa shape index (κ3) is 8.33. The van der Waals surface area contributed by atoms with Crippen LogP contribution in [0.25, 0.3) is 16.5 Å². The Morgan fingerprint density at radius 3 is 2.29 bits per heavy atom. The van der Waals surface area contributed by atoms with Crippen molar-refractivity contribution in [2.75, 3.05) is 20.3 Å². The van der Waals surface area contributed by atoms with Gasteiger partial charge in [-0.1, -0.05) is 54.1 Å². The van der Waals surface area contributed by atoms with Gasteiger partial charge in [-0.3, -0.25) is 0 Å². The van der Waals surface area contributed by atoms with Crippen molar-refractivity contribution in [3.05, 3.63) is 77.5 Å². The van der Waals surface area contributed by atoms with E-state index >= 15 is 0 Å². The highest BCUT2D eigenvalue weighted by atomic mass is 16.3. The van der Waals surface area contributed by atoms with Crippen LogP contribution < -0.4 is 5.32 Å². The minimum absolute atomic E-state index is 0.306. The molecule has 1 aromatic heterocycles. The van der Waals surface area contributed by atoms with Crippen LogP contribution in [0.2, 0.25) is 0 Å². The highest BCUT2D eigenvalue weighted by molar-refractivity contribution is 5.80. The lowest BCUT2D eigenvalue weighted by Crippen LogP contribution is -2.45. The molecule has 5 rings (SSSR count). The van der Waals surface area contributed by atoms with Crippen molar-refractivity contribution >= 4 is 16.5 Å². The molecule has 0 radical (unpaired) electrons. The van der Waals surface area contributed by atoms with Gasteiger partial charge in [-0.05, 0) is 81.2 Å². The van der Waals surface area contributed by atoms with E-state index < -0.39 is 0 Å². The molecule has 0 amide bonds. The van der Waals surface area contributed by atoms with E-state index in [-0.39, 0.29) is 0 Å². The summed E-state index contributed by atoms with van der Waals surface area (Å²) in [7, 11) is 1.00. The lowest BCUT2D eigenvalue weighted by molar-refractivity contribution is 0.199. The third-order valence-corrected chi connectivity index (χ3v) is 5.49. The normalized spacial score (nSPS) is 16.9. The Labute approximate surface area is 187 Å². The van der Waals surface area contributed by atoms with Crippen LogP contribution in [-0.4, -0.2) is 41.5 Å². The smallest absolute Gasteiger partial charge is 0.0585 e. The number of fused-ring (bicyclic) bond motifs is 1. The lowest BCUT2D eigenvalue weighted by atomic mass is 9.93. The predicted octanol–water partition coefficient (Wildman–Crippen LogP) is 5.38. The molecule has 168 valence electrons. The fraction of sp³-hybridized carbons (Fsp3) is 0.407. The van der Waals surface area contributed by atoms with Crippen LogP contribution >= 0.6 is 0 Å². The van der Waals surface area contributed by atoms with Gasteiger partial charge in [0.05, 0.1) is 6.61 Å². The van der Waals surface area contributed by atoms with E-state index in [9.17, 15) is 0 Å². The summed E-state index contributed by atoms with van der Waals surface area (Å²) < 4.78 is 0. The van der Waals surface area contributed by atoms with Crippen molar-refractivity contribution in [3.8, 4) is 0 Å². The number of aromatic nitrogens is 1. The zero-order chi connectivity index (χ0) is 22.5. The van der Waals surface area contributed by atoms with Crippen LogP contribution in [0.15, 0.2) is 60.7 Å². The maximum Gasteiger partial charge on any atom is 0.0585 e. The summed E-state index contributed by atoms with van der Waals surface area (Å²) in [6.07, 6.45) is 8.82. The van der Waals surface area contributed by atoms with Gasteiger partial charge in [0.2, 0.25) is 0 Å². The number of rotatable bonds is 2. The Bertz CT molecular complexity index is 890. The average Bonchev–Trinajstić information content (AvgIpc) is 3.16. The Morgan fingerprint density at radius 2 is 1.74 bits per heavy atom. The summed E-state index contributed by atoms with van der Waals surface area (Å²) in [4.78, 5) is 3.26. The first-order valence-corrected chi connectivity index (χ1v) is 11.2. The Balaban J connectivity index is 0.000000168. The molecule has 0 bridgehead atoms. The summed E-state index contributed by atoms with van der Waals surface area (Å²) in [5.41, 5.74) is 6.79. The monoisotopic (exact) mass is 422 g/mol. The number of H-pyrrole nitrogens is 1. The van der Waals surface area contributed by atoms with Gasteiger partial charge in [0.15, 0.2) is 0 Å². The molecular formula is C27H38N2O2. The molecule has 0 saturated carbocycles. The van der Waals surface area contributed by atoms with Gasteiger partial charge in [-0.25, -0.2) is 0 Å². The highest BCUT2D eigenvalue weighted by Crippen LogP contribution is 2.26.